The van der Waals surface area contributed by atoms with Gasteiger partial charge in [0.05, 0.1) is 16.7 Å². The van der Waals surface area contributed by atoms with Gasteiger partial charge < -0.3 is 0 Å². The van der Waals surface area contributed by atoms with Crippen molar-refractivity contribution in [1.29, 1.82) is 0 Å². The quantitative estimate of drug-likeness (QED) is 0.420. The molecular weight excluding hydrogens is 174 g/mol. The van der Waals surface area contributed by atoms with Crippen molar-refractivity contribution in [3.63, 3.8) is 0 Å². The molecule has 0 bridgehead atoms. The second-order valence-corrected chi connectivity index (χ2v) is 1.69. The number of nitrogens with one attached hydrogen (secondary N) is 1. The van der Waals surface area contributed by atoms with Crippen molar-refractivity contribution in [2.24, 2.45) is 9.75 Å². The number of H-pyrrole nitrogens is 1. The Hall–Kier alpha value is -1.50. The van der Waals surface area contributed by atoms with E-state index < -0.39 is 4.92 Å². The lowest BCUT2D eigenvalue weighted by Crippen LogP contribution is -1.84. The van der Waals surface area contributed by atoms with Crippen LogP contribution < -0.4 is 0 Å². The molecule has 0 atom stereocenters. The zero-order valence-corrected chi connectivity index (χ0v) is 5.82. The first-order valence-electron chi connectivity index (χ1n) is 2.45. The minimum absolute atomic E-state index is 0.0648. The molecule has 8 heteroatoms. The van der Waals surface area contributed by atoms with Crippen LogP contribution in [-0.2, 0) is 0 Å². The Morgan fingerprint density at radius 2 is 2.55 bits per heavy atom. The van der Waals surface area contributed by atoms with Gasteiger partial charge in [0, 0.05) is 0 Å². The summed E-state index contributed by atoms with van der Waals surface area (Å²) in [6.45, 7) is 0. The predicted molar refractivity (Wildman–Crippen MR) is 35.6 cm³/mol. The molecular formula is C3H2ClN5O2. The van der Waals surface area contributed by atoms with Gasteiger partial charge >= 0.3 is 5.69 Å². The number of rotatable bonds is 2. The fraction of sp³-hybridized carbons (Fsp3) is 0. The van der Waals surface area contributed by atoms with Crippen LogP contribution in [-0.4, -0.2) is 15.1 Å². The molecule has 0 aliphatic carbocycles. The molecule has 0 saturated carbocycles. The fourth-order valence-electron chi connectivity index (χ4n) is 0.518. The molecule has 1 rings (SSSR count). The van der Waals surface area contributed by atoms with Crippen molar-refractivity contribution >= 4 is 23.3 Å². The average molecular weight is 176 g/mol. The number of nitro groups is 1. The number of hydrogen-bond donors (Lipinski definition) is 1. The van der Waals surface area contributed by atoms with Crippen molar-refractivity contribution in [2.75, 3.05) is 0 Å². The number of aromatic nitrogens is 2. The van der Waals surface area contributed by atoms with Crippen molar-refractivity contribution in [3.05, 3.63) is 16.3 Å². The smallest absolute Gasteiger partial charge is 0.258 e. The van der Waals surface area contributed by atoms with E-state index in [0.717, 1.165) is 6.20 Å². The molecule has 0 fully saturated rings. The molecule has 0 saturated heterocycles. The minimum Gasteiger partial charge on any atom is -0.258 e. The molecule has 0 aromatic carbocycles. The molecule has 1 N–H and O–H groups in total. The van der Waals surface area contributed by atoms with Crippen LogP contribution in [0.25, 0.3) is 0 Å². The third-order valence-electron chi connectivity index (χ3n) is 0.934. The highest BCUT2D eigenvalue weighted by Crippen LogP contribution is 2.23. The molecule has 11 heavy (non-hydrogen) atoms. The maximum atomic E-state index is 10.2. The van der Waals surface area contributed by atoms with Crippen molar-refractivity contribution in [1.82, 2.24) is 10.2 Å². The molecule has 1 aromatic rings. The highest BCUT2D eigenvalue weighted by Gasteiger charge is 2.14. The van der Waals surface area contributed by atoms with Gasteiger partial charge in [0.1, 0.15) is 6.20 Å². The molecule has 0 aliphatic heterocycles. The lowest BCUT2D eigenvalue weighted by molar-refractivity contribution is -0.384. The Kier molecular flexibility index (Phi) is 2.12. The van der Waals surface area contributed by atoms with Crippen molar-refractivity contribution in [3.8, 4) is 0 Å². The summed E-state index contributed by atoms with van der Waals surface area (Å²) in [6.07, 6.45) is 1.03. The summed E-state index contributed by atoms with van der Waals surface area (Å²) in [7, 11) is 0. The SMILES string of the molecule is O=[N+]([O-])c1cn[nH]c1/N=N/Cl. The zero-order chi connectivity index (χ0) is 8.27. The first kappa shape index (κ1) is 7.61. The number of hydrogen-bond acceptors (Lipinski definition) is 5. The van der Waals surface area contributed by atoms with Gasteiger partial charge in [-0.25, -0.2) is 0 Å². The highest BCUT2D eigenvalue weighted by molar-refractivity contribution is 6.14. The lowest BCUT2D eigenvalue weighted by Gasteiger charge is -1.83. The minimum atomic E-state index is -0.635. The van der Waals surface area contributed by atoms with Crippen LogP contribution in [0.2, 0.25) is 0 Å². The van der Waals surface area contributed by atoms with Crippen LogP contribution in [0.1, 0.15) is 0 Å². The first-order chi connectivity index (χ1) is 5.25. The van der Waals surface area contributed by atoms with Crippen LogP contribution in [0.4, 0.5) is 11.5 Å². The Morgan fingerprint density at radius 3 is 3.09 bits per heavy atom. The van der Waals surface area contributed by atoms with Gasteiger partial charge in [0.25, 0.3) is 0 Å². The summed E-state index contributed by atoms with van der Waals surface area (Å²) >= 11 is 4.86. The first-order valence-corrected chi connectivity index (χ1v) is 2.79. The molecule has 1 aromatic heterocycles. The Morgan fingerprint density at radius 1 is 1.82 bits per heavy atom. The highest BCUT2D eigenvalue weighted by atomic mass is 35.5. The van der Waals surface area contributed by atoms with E-state index in [4.69, 9.17) is 11.8 Å². The zero-order valence-electron chi connectivity index (χ0n) is 5.06. The average Bonchev–Trinajstić information content (AvgIpc) is 2.36. The molecule has 0 unspecified atom stereocenters. The molecule has 7 nitrogen and oxygen atoms in total. The van der Waals surface area contributed by atoms with Gasteiger partial charge in [0.2, 0.25) is 5.82 Å². The van der Waals surface area contributed by atoms with Gasteiger partial charge in [0.15, 0.2) is 0 Å². The van der Waals surface area contributed by atoms with E-state index in [1.54, 1.807) is 0 Å². The standard InChI is InChI=1S/C3H2ClN5O2/c4-8-7-3-2(9(10)11)1-5-6-3/h1H,(H,5,6)/b8-7+. The third-order valence-corrected chi connectivity index (χ3v) is 1.01. The van der Waals surface area contributed by atoms with Gasteiger partial charge in [-0.05, 0) is 0 Å². The van der Waals surface area contributed by atoms with Gasteiger partial charge in [-0.1, -0.05) is 4.63 Å². The van der Waals surface area contributed by atoms with Gasteiger partial charge in [-0.3, -0.25) is 15.2 Å². The van der Waals surface area contributed by atoms with E-state index in [9.17, 15) is 10.1 Å². The van der Waals surface area contributed by atoms with Crippen LogP contribution in [0.3, 0.4) is 0 Å². The maximum Gasteiger partial charge on any atom is 0.334 e. The van der Waals surface area contributed by atoms with Crippen LogP contribution in [0, 0.1) is 10.1 Å². The second kappa shape index (κ2) is 3.06. The fourth-order valence-corrected chi connectivity index (χ4v) is 0.594. The van der Waals surface area contributed by atoms with E-state index in [1.165, 1.54) is 0 Å². The normalized spacial score (nSPS) is 10.6. The largest absolute Gasteiger partial charge is 0.334 e. The summed E-state index contributed by atoms with van der Waals surface area (Å²) in [5.41, 5.74) is -0.255. The lowest BCUT2D eigenvalue weighted by atomic mass is 10.5. The third kappa shape index (κ3) is 1.49. The summed E-state index contributed by atoms with van der Waals surface area (Å²) < 4.78 is 2.84. The topological polar surface area (TPSA) is 96.5 Å². The van der Waals surface area contributed by atoms with Crippen LogP contribution >= 0.6 is 11.8 Å². The van der Waals surface area contributed by atoms with E-state index in [0.29, 0.717) is 0 Å². The number of halogens is 1. The van der Waals surface area contributed by atoms with Gasteiger partial charge in [-0.2, -0.15) is 5.10 Å². The van der Waals surface area contributed by atoms with E-state index in [2.05, 4.69) is 19.9 Å². The summed E-state index contributed by atoms with van der Waals surface area (Å²) in [4.78, 5) is 9.52. The van der Waals surface area contributed by atoms with Gasteiger partial charge in [-0.15, -0.1) is 5.11 Å². The molecule has 58 valence electrons. The van der Waals surface area contributed by atoms with Crippen molar-refractivity contribution in [2.45, 2.75) is 0 Å². The van der Waals surface area contributed by atoms with Crippen molar-refractivity contribution < 1.29 is 4.92 Å². The predicted octanol–water partition coefficient (Wildman–Crippen LogP) is 1.56. The Bertz CT molecular complexity index is 294. The number of aromatic amines is 1. The molecule has 0 amide bonds. The Balaban J connectivity index is 3.05. The van der Waals surface area contributed by atoms with E-state index in [1.807, 2.05) is 0 Å². The monoisotopic (exact) mass is 175 g/mol. The van der Waals surface area contributed by atoms with Crippen LogP contribution in [0.15, 0.2) is 15.9 Å². The van der Waals surface area contributed by atoms with E-state index >= 15 is 0 Å². The molecule has 0 spiro atoms. The maximum absolute atomic E-state index is 10.2. The van der Waals surface area contributed by atoms with Crippen LogP contribution in [0.5, 0.6) is 0 Å². The second-order valence-electron chi connectivity index (χ2n) is 1.54. The summed E-state index contributed by atoms with van der Waals surface area (Å²) in [5, 5.41) is 19.0. The summed E-state index contributed by atoms with van der Waals surface area (Å²) in [6, 6.07) is 0. The molecule has 1 heterocycles. The molecule has 0 radical (unpaired) electrons. The number of nitrogens with zero attached hydrogens (tertiary/aromatic N) is 4. The van der Waals surface area contributed by atoms with E-state index in [-0.39, 0.29) is 11.5 Å². The Labute approximate surface area is 65.3 Å². The molecule has 0 aliphatic rings. The summed E-state index contributed by atoms with van der Waals surface area (Å²) in [5.74, 6) is -0.0648.